The average Bonchev–Trinajstić information content (AvgIpc) is 2.29. The lowest BCUT2D eigenvalue weighted by molar-refractivity contribution is -0.138. The van der Waals surface area contributed by atoms with Crippen LogP contribution >= 0.6 is 0 Å². The molecule has 0 saturated carbocycles. The Balaban J connectivity index is 2.41. The number of rotatable bonds is 3. The Labute approximate surface area is 92.7 Å². The van der Waals surface area contributed by atoms with Crippen molar-refractivity contribution in [3.63, 3.8) is 0 Å². The minimum atomic E-state index is -0.985. The predicted molar refractivity (Wildman–Crippen MR) is 61.1 cm³/mol. The Kier molecular flexibility index (Phi) is 2.83. The fourth-order valence-electron chi connectivity index (χ4n) is 1.66. The van der Waals surface area contributed by atoms with Gasteiger partial charge in [0.25, 0.3) is 0 Å². The van der Waals surface area contributed by atoms with Crippen LogP contribution in [0.4, 0.5) is 0 Å². The number of hydrogen-bond acceptors (Lipinski definition) is 3. The SMILES string of the molecule is N[C@@H](Cc1ccnc2ccccc12)C(=O)O. The maximum absolute atomic E-state index is 10.7. The highest BCUT2D eigenvalue weighted by Crippen LogP contribution is 2.17. The maximum atomic E-state index is 10.7. The second kappa shape index (κ2) is 4.28. The lowest BCUT2D eigenvalue weighted by Crippen LogP contribution is -2.32. The number of carboxylic acids is 1. The van der Waals surface area contributed by atoms with Crippen LogP contribution in [0.3, 0.4) is 0 Å². The van der Waals surface area contributed by atoms with E-state index in [9.17, 15) is 4.79 Å². The number of benzene rings is 1. The number of hydrogen-bond donors (Lipinski definition) is 2. The summed E-state index contributed by atoms with van der Waals surface area (Å²) in [4.78, 5) is 14.9. The molecule has 2 aromatic rings. The zero-order valence-corrected chi connectivity index (χ0v) is 8.63. The first-order valence-corrected chi connectivity index (χ1v) is 4.99. The molecule has 0 bridgehead atoms. The van der Waals surface area contributed by atoms with Gasteiger partial charge in [-0.1, -0.05) is 18.2 Å². The molecule has 0 amide bonds. The minimum absolute atomic E-state index is 0.318. The van der Waals surface area contributed by atoms with Crippen LogP contribution in [0.5, 0.6) is 0 Å². The van der Waals surface area contributed by atoms with Crippen LogP contribution in [0.1, 0.15) is 5.56 Å². The third kappa shape index (κ3) is 2.01. The molecule has 16 heavy (non-hydrogen) atoms. The van der Waals surface area contributed by atoms with E-state index >= 15 is 0 Å². The first kappa shape index (κ1) is 10.6. The van der Waals surface area contributed by atoms with E-state index in [0.717, 1.165) is 16.5 Å². The fraction of sp³-hybridized carbons (Fsp3) is 0.167. The largest absolute Gasteiger partial charge is 0.480 e. The van der Waals surface area contributed by atoms with Crippen molar-refractivity contribution in [3.05, 3.63) is 42.1 Å². The summed E-state index contributed by atoms with van der Waals surface area (Å²) in [6.07, 6.45) is 1.99. The molecule has 0 saturated heterocycles. The third-order valence-corrected chi connectivity index (χ3v) is 2.50. The molecule has 0 unspecified atom stereocenters. The molecule has 0 fully saturated rings. The second-order valence-electron chi connectivity index (χ2n) is 3.64. The van der Waals surface area contributed by atoms with Crippen LogP contribution in [0.25, 0.3) is 10.9 Å². The van der Waals surface area contributed by atoms with Gasteiger partial charge in [0.1, 0.15) is 6.04 Å². The van der Waals surface area contributed by atoms with E-state index in [1.807, 2.05) is 30.3 Å². The van der Waals surface area contributed by atoms with Crippen LogP contribution in [-0.2, 0) is 11.2 Å². The summed E-state index contributed by atoms with van der Waals surface area (Å²) in [6.45, 7) is 0. The molecule has 1 aromatic heterocycles. The molecule has 0 spiro atoms. The normalized spacial score (nSPS) is 12.6. The number of nitrogens with zero attached hydrogens (tertiary/aromatic N) is 1. The van der Waals surface area contributed by atoms with Crippen LogP contribution < -0.4 is 5.73 Å². The smallest absolute Gasteiger partial charge is 0.320 e. The van der Waals surface area contributed by atoms with Gasteiger partial charge in [0, 0.05) is 11.6 Å². The lowest BCUT2D eigenvalue weighted by atomic mass is 10.0. The van der Waals surface area contributed by atoms with Crippen LogP contribution in [0.2, 0.25) is 0 Å². The van der Waals surface area contributed by atoms with E-state index in [4.69, 9.17) is 10.8 Å². The van der Waals surface area contributed by atoms with E-state index in [1.165, 1.54) is 0 Å². The van der Waals surface area contributed by atoms with Crippen LogP contribution in [-0.4, -0.2) is 22.1 Å². The van der Waals surface area contributed by atoms with Gasteiger partial charge in [-0.3, -0.25) is 9.78 Å². The maximum Gasteiger partial charge on any atom is 0.320 e. The molecule has 1 aromatic carbocycles. The molecular formula is C12H12N2O2. The Bertz CT molecular complexity index is 520. The molecule has 4 heteroatoms. The third-order valence-electron chi connectivity index (χ3n) is 2.50. The summed E-state index contributed by atoms with van der Waals surface area (Å²) in [7, 11) is 0. The van der Waals surface area contributed by atoms with Crippen molar-refractivity contribution in [2.24, 2.45) is 5.73 Å². The number of pyridine rings is 1. The van der Waals surface area contributed by atoms with Gasteiger partial charge in [-0.15, -0.1) is 0 Å². The molecule has 0 aliphatic carbocycles. The molecule has 3 N–H and O–H groups in total. The quantitative estimate of drug-likeness (QED) is 0.808. The summed E-state index contributed by atoms with van der Waals surface area (Å²) in [5, 5.41) is 9.73. The van der Waals surface area contributed by atoms with Crippen molar-refractivity contribution in [1.29, 1.82) is 0 Å². The van der Waals surface area contributed by atoms with E-state index in [2.05, 4.69) is 4.98 Å². The molecule has 82 valence electrons. The van der Waals surface area contributed by atoms with E-state index in [0.29, 0.717) is 6.42 Å². The summed E-state index contributed by atoms with van der Waals surface area (Å²) in [6, 6.07) is 8.56. The average molecular weight is 216 g/mol. The number of fused-ring (bicyclic) bond motifs is 1. The second-order valence-corrected chi connectivity index (χ2v) is 3.64. The van der Waals surface area contributed by atoms with Gasteiger partial charge in [0.05, 0.1) is 5.52 Å². The predicted octanol–water partition coefficient (Wildman–Crippen LogP) is 1.19. The van der Waals surface area contributed by atoms with Crippen molar-refractivity contribution < 1.29 is 9.90 Å². The van der Waals surface area contributed by atoms with Gasteiger partial charge < -0.3 is 10.8 Å². The fourth-order valence-corrected chi connectivity index (χ4v) is 1.66. The first-order chi connectivity index (χ1) is 7.68. The Hall–Kier alpha value is -1.94. The highest BCUT2D eigenvalue weighted by atomic mass is 16.4. The zero-order valence-electron chi connectivity index (χ0n) is 8.63. The summed E-state index contributed by atoms with van der Waals surface area (Å²) in [5.41, 5.74) is 7.30. The molecule has 1 atom stereocenters. The lowest BCUT2D eigenvalue weighted by Gasteiger charge is -2.08. The van der Waals surface area contributed by atoms with Gasteiger partial charge in [0.2, 0.25) is 0 Å². The number of aliphatic carboxylic acids is 1. The summed E-state index contributed by atoms with van der Waals surface area (Å²) in [5.74, 6) is -0.985. The van der Waals surface area contributed by atoms with Crippen LogP contribution in [0, 0.1) is 0 Å². The number of carboxylic acid groups (broad SMARTS) is 1. The number of aromatic nitrogens is 1. The van der Waals surface area contributed by atoms with Gasteiger partial charge in [0.15, 0.2) is 0 Å². The van der Waals surface area contributed by atoms with E-state index in [-0.39, 0.29) is 0 Å². The van der Waals surface area contributed by atoms with E-state index in [1.54, 1.807) is 6.20 Å². The monoisotopic (exact) mass is 216 g/mol. The zero-order chi connectivity index (χ0) is 11.5. The Morgan fingerprint density at radius 1 is 1.38 bits per heavy atom. The number of para-hydroxylation sites is 1. The highest BCUT2D eigenvalue weighted by molar-refractivity contribution is 5.83. The van der Waals surface area contributed by atoms with Crippen molar-refractivity contribution in [3.8, 4) is 0 Å². The Morgan fingerprint density at radius 3 is 2.88 bits per heavy atom. The van der Waals surface area contributed by atoms with Crippen molar-refractivity contribution in [1.82, 2.24) is 4.98 Å². The number of carbonyl (C=O) groups is 1. The topological polar surface area (TPSA) is 76.2 Å². The Morgan fingerprint density at radius 2 is 2.12 bits per heavy atom. The molecule has 0 radical (unpaired) electrons. The molecular weight excluding hydrogens is 204 g/mol. The minimum Gasteiger partial charge on any atom is -0.480 e. The molecule has 4 nitrogen and oxygen atoms in total. The van der Waals surface area contributed by atoms with Crippen molar-refractivity contribution in [2.75, 3.05) is 0 Å². The van der Waals surface area contributed by atoms with Crippen molar-refractivity contribution in [2.45, 2.75) is 12.5 Å². The summed E-state index contributed by atoms with van der Waals surface area (Å²) < 4.78 is 0. The number of nitrogens with two attached hydrogens (primary N) is 1. The van der Waals surface area contributed by atoms with Gasteiger partial charge >= 0.3 is 5.97 Å². The highest BCUT2D eigenvalue weighted by Gasteiger charge is 2.13. The van der Waals surface area contributed by atoms with Gasteiger partial charge in [-0.25, -0.2) is 0 Å². The first-order valence-electron chi connectivity index (χ1n) is 4.99. The molecule has 1 heterocycles. The molecule has 0 aliphatic heterocycles. The van der Waals surface area contributed by atoms with E-state index < -0.39 is 12.0 Å². The molecule has 2 rings (SSSR count). The van der Waals surface area contributed by atoms with Crippen LogP contribution in [0.15, 0.2) is 36.5 Å². The standard InChI is InChI=1S/C12H12N2O2/c13-10(12(15)16)7-8-5-6-14-11-4-2-1-3-9(8)11/h1-6,10H,7,13H2,(H,15,16)/t10-/m0/s1. The van der Waals surface area contributed by atoms with Gasteiger partial charge in [-0.2, -0.15) is 0 Å². The van der Waals surface area contributed by atoms with Gasteiger partial charge in [-0.05, 0) is 24.1 Å². The summed E-state index contributed by atoms with van der Waals surface area (Å²) >= 11 is 0. The van der Waals surface area contributed by atoms with Crippen molar-refractivity contribution >= 4 is 16.9 Å². The molecule has 0 aliphatic rings.